The molecule has 4 aromatic carbocycles. The summed E-state index contributed by atoms with van der Waals surface area (Å²) in [5, 5.41) is 0. The van der Waals surface area contributed by atoms with E-state index in [1.807, 2.05) is 47.4 Å². The Balaban J connectivity index is 1.37. The standard InChI is InChI=1S/C31H31N3O4S/c1-38-30-15-9-8-10-26(30)24-34(39(36,37)29-13-6-3-7-14-29)28-18-16-25(17-19-28)31(35)33-22-20-32(21-23-33)27-11-4-2-5-12-27/h2-19H,20-24H2,1H3. The minimum absolute atomic E-state index is 0.0588. The van der Waals surface area contributed by atoms with E-state index in [4.69, 9.17) is 4.74 Å². The Morgan fingerprint density at radius 2 is 1.36 bits per heavy atom. The van der Waals surface area contributed by atoms with Gasteiger partial charge >= 0.3 is 0 Å². The fraction of sp³-hybridized carbons (Fsp3) is 0.194. The number of para-hydroxylation sites is 2. The van der Waals surface area contributed by atoms with E-state index < -0.39 is 10.0 Å². The number of benzene rings is 4. The molecule has 0 radical (unpaired) electrons. The molecule has 0 aromatic heterocycles. The molecule has 0 unspecified atom stereocenters. The average Bonchev–Trinajstić information content (AvgIpc) is 3.00. The molecular formula is C31H31N3O4S. The van der Waals surface area contributed by atoms with Crippen LogP contribution in [0.3, 0.4) is 0 Å². The van der Waals surface area contributed by atoms with E-state index in [1.54, 1.807) is 61.7 Å². The van der Waals surface area contributed by atoms with Gasteiger partial charge in [-0.2, -0.15) is 0 Å². The number of anilines is 2. The summed E-state index contributed by atoms with van der Waals surface area (Å²) in [5.41, 5.74) is 2.89. The van der Waals surface area contributed by atoms with Crippen molar-refractivity contribution >= 4 is 27.3 Å². The van der Waals surface area contributed by atoms with E-state index in [0.717, 1.165) is 24.3 Å². The van der Waals surface area contributed by atoms with E-state index in [9.17, 15) is 13.2 Å². The van der Waals surface area contributed by atoms with Gasteiger partial charge in [-0.3, -0.25) is 9.10 Å². The van der Waals surface area contributed by atoms with Gasteiger partial charge in [0.2, 0.25) is 0 Å². The molecule has 4 aromatic rings. The first-order valence-electron chi connectivity index (χ1n) is 12.9. The summed E-state index contributed by atoms with van der Waals surface area (Å²) in [7, 11) is -2.32. The summed E-state index contributed by atoms with van der Waals surface area (Å²) in [6.45, 7) is 2.84. The van der Waals surface area contributed by atoms with Gasteiger partial charge in [-0.15, -0.1) is 0 Å². The van der Waals surface area contributed by atoms with Gasteiger partial charge in [0.05, 0.1) is 24.2 Å². The number of methoxy groups -OCH3 is 1. The smallest absolute Gasteiger partial charge is 0.264 e. The number of amides is 1. The highest BCUT2D eigenvalue weighted by Crippen LogP contribution is 2.29. The second-order valence-electron chi connectivity index (χ2n) is 9.30. The summed E-state index contributed by atoms with van der Waals surface area (Å²) in [6.07, 6.45) is 0. The van der Waals surface area contributed by atoms with E-state index in [0.29, 0.717) is 30.1 Å². The van der Waals surface area contributed by atoms with E-state index in [1.165, 1.54) is 4.31 Å². The van der Waals surface area contributed by atoms with Crippen molar-refractivity contribution in [3.63, 3.8) is 0 Å². The zero-order valence-corrected chi connectivity index (χ0v) is 22.6. The van der Waals surface area contributed by atoms with Crippen LogP contribution in [0.1, 0.15) is 15.9 Å². The minimum Gasteiger partial charge on any atom is -0.496 e. The molecule has 0 bridgehead atoms. The lowest BCUT2D eigenvalue weighted by atomic mass is 10.1. The first kappa shape index (κ1) is 26.3. The number of nitrogens with zero attached hydrogens (tertiary/aromatic N) is 3. The maximum absolute atomic E-state index is 13.8. The Morgan fingerprint density at radius 3 is 2.00 bits per heavy atom. The van der Waals surface area contributed by atoms with Gasteiger partial charge in [0.1, 0.15) is 5.75 Å². The topological polar surface area (TPSA) is 70.2 Å². The van der Waals surface area contributed by atoms with Crippen LogP contribution >= 0.6 is 0 Å². The van der Waals surface area contributed by atoms with Gasteiger partial charge in [0.25, 0.3) is 15.9 Å². The molecule has 0 N–H and O–H groups in total. The van der Waals surface area contributed by atoms with Crippen LogP contribution < -0.4 is 13.9 Å². The first-order chi connectivity index (χ1) is 19.0. The average molecular weight is 542 g/mol. The number of hydrogen-bond donors (Lipinski definition) is 0. The van der Waals surface area contributed by atoms with Gasteiger partial charge in [-0.1, -0.05) is 54.6 Å². The molecule has 7 nitrogen and oxygen atoms in total. The minimum atomic E-state index is -3.89. The Hall–Kier alpha value is -4.30. The Morgan fingerprint density at radius 1 is 0.769 bits per heavy atom. The maximum atomic E-state index is 13.8. The van der Waals surface area contributed by atoms with Gasteiger partial charge in [0, 0.05) is 43.0 Å². The Bertz CT molecular complexity index is 1500. The van der Waals surface area contributed by atoms with Crippen molar-refractivity contribution in [2.45, 2.75) is 11.4 Å². The van der Waals surface area contributed by atoms with E-state index in [-0.39, 0.29) is 17.3 Å². The molecule has 0 aliphatic carbocycles. The van der Waals surface area contributed by atoms with Crippen molar-refractivity contribution in [2.24, 2.45) is 0 Å². The van der Waals surface area contributed by atoms with Crippen LogP contribution in [0.4, 0.5) is 11.4 Å². The number of hydrogen-bond acceptors (Lipinski definition) is 5. The van der Waals surface area contributed by atoms with Gasteiger partial charge < -0.3 is 14.5 Å². The molecule has 0 spiro atoms. The van der Waals surface area contributed by atoms with Crippen LogP contribution in [-0.4, -0.2) is 52.5 Å². The molecular weight excluding hydrogens is 510 g/mol. The highest BCUT2D eigenvalue weighted by Gasteiger charge is 2.27. The summed E-state index contributed by atoms with van der Waals surface area (Å²) < 4.78 is 34.3. The predicted octanol–water partition coefficient (Wildman–Crippen LogP) is 5.05. The number of piperazine rings is 1. The van der Waals surface area contributed by atoms with Gasteiger partial charge in [-0.05, 0) is 54.6 Å². The Kier molecular flexibility index (Phi) is 7.84. The van der Waals surface area contributed by atoms with Crippen LogP contribution in [0.2, 0.25) is 0 Å². The third-order valence-electron chi connectivity index (χ3n) is 6.93. The van der Waals surface area contributed by atoms with Crippen LogP contribution in [0.15, 0.2) is 114 Å². The molecule has 5 rings (SSSR count). The normalized spacial score (nSPS) is 13.7. The molecule has 39 heavy (non-hydrogen) atoms. The molecule has 0 atom stereocenters. The van der Waals surface area contributed by atoms with Crippen molar-refractivity contribution in [3.05, 3.63) is 120 Å². The molecule has 0 saturated carbocycles. The molecule has 8 heteroatoms. The number of rotatable bonds is 8. The second-order valence-corrected chi connectivity index (χ2v) is 11.2. The zero-order chi connectivity index (χ0) is 27.2. The number of sulfonamides is 1. The second kappa shape index (κ2) is 11.6. The highest BCUT2D eigenvalue weighted by atomic mass is 32.2. The highest BCUT2D eigenvalue weighted by molar-refractivity contribution is 7.92. The maximum Gasteiger partial charge on any atom is 0.264 e. The summed E-state index contributed by atoms with van der Waals surface area (Å²) in [6, 6.07) is 32.7. The Labute approximate surface area is 229 Å². The third kappa shape index (κ3) is 5.76. The van der Waals surface area contributed by atoms with Crippen LogP contribution in [0.5, 0.6) is 5.75 Å². The van der Waals surface area contributed by atoms with Gasteiger partial charge in [-0.25, -0.2) is 8.42 Å². The fourth-order valence-corrected chi connectivity index (χ4v) is 6.25. The molecule has 1 heterocycles. The van der Waals surface area contributed by atoms with Crippen LogP contribution in [0.25, 0.3) is 0 Å². The molecule has 1 fully saturated rings. The lowest BCUT2D eigenvalue weighted by Crippen LogP contribution is -2.48. The summed E-state index contributed by atoms with van der Waals surface area (Å²) in [4.78, 5) is 17.6. The monoisotopic (exact) mass is 541 g/mol. The van der Waals surface area contributed by atoms with Crippen molar-refractivity contribution in [1.29, 1.82) is 0 Å². The van der Waals surface area contributed by atoms with Crippen molar-refractivity contribution < 1.29 is 17.9 Å². The van der Waals surface area contributed by atoms with E-state index in [2.05, 4.69) is 17.0 Å². The largest absolute Gasteiger partial charge is 0.496 e. The summed E-state index contributed by atoms with van der Waals surface area (Å²) >= 11 is 0. The van der Waals surface area contributed by atoms with Crippen LogP contribution in [0, 0.1) is 0 Å². The number of carbonyl (C=O) groups is 1. The fourth-order valence-electron chi connectivity index (χ4n) is 4.78. The molecule has 1 aliphatic heterocycles. The molecule has 200 valence electrons. The third-order valence-corrected chi connectivity index (χ3v) is 8.72. The van der Waals surface area contributed by atoms with Gasteiger partial charge in [0.15, 0.2) is 0 Å². The molecule has 1 aliphatic rings. The lowest BCUT2D eigenvalue weighted by Gasteiger charge is -2.36. The first-order valence-corrected chi connectivity index (χ1v) is 14.3. The van der Waals surface area contributed by atoms with Crippen molar-refractivity contribution in [3.8, 4) is 5.75 Å². The van der Waals surface area contributed by atoms with Crippen LogP contribution in [-0.2, 0) is 16.6 Å². The number of carbonyl (C=O) groups excluding carboxylic acids is 1. The number of ether oxygens (including phenoxy) is 1. The zero-order valence-electron chi connectivity index (χ0n) is 21.8. The van der Waals surface area contributed by atoms with E-state index >= 15 is 0 Å². The predicted molar refractivity (Wildman–Crippen MR) is 154 cm³/mol. The van der Waals surface area contributed by atoms with Crippen molar-refractivity contribution in [2.75, 3.05) is 42.5 Å². The molecule has 1 amide bonds. The lowest BCUT2D eigenvalue weighted by molar-refractivity contribution is 0.0747. The quantitative estimate of drug-likeness (QED) is 0.312. The molecule has 1 saturated heterocycles. The van der Waals surface area contributed by atoms with Crippen molar-refractivity contribution in [1.82, 2.24) is 4.90 Å². The SMILES string of the molecule is COc1ccccc1CN(c1ccc(C(=O)N2CCN(c3ccccc3)CC2)cc1)S(=O)(=O)c1ccccc1. The summed E-state index contributed by atoms with van der Waals surface area (Å²) in [5.74, 6) is 0.545.